The zero-order chi connectivity index (χ0) is 10.5. The second-order valence-electron chi connectivity index (χ2n) is 3.57. The van der Waals surface area contributed by atoms with Crippen molar-refractivity contribution in [1.82, 2.24) is 5.32 Å². The molecular formula is C11H23N3. The molecule has 0 atom stereocenters. The second-order valence-corrected chi connectivity index (χ2v) is 3.57. The van der Waals surface area contributed by atoms with Crippen LogP contribution >= 0.6 is 0 Å². The first-order valence-corrected chi connectivity index (χ1v) is 5.69. The number of nitrogens with zero attached hydrogens (tertiary/aromatic N) is 1. The molecule has 0 saturated heterocycles. The maximum Gasteiger partial charge on any atom is 0.0635 e. The molecule has 0 unspecified atom stereocenters. The highest BCUT2D eigenvalue weighted by atomic mass is 14.8. The van der Waals surface area contributed by atoms with Crippen LogP contribution in [0.4, 0.5) is 0 Å². The topological polar surface area (TPSA) is 61.8 Å². The summed E-state index contributed by atoms with van der Waals surface area (Å²) in [4.78, 5) is 0. The number of nitrogens with one attached hydrogen (secondary N) is 1. The maximum atomic E-state index is 8.29. The SMILES string of the molecule is N#CCCNCCCCCCCCN. The van der Waals surface area contributed by atoms with Gasteiger partial charge in [-0.3, -0.25) is 0 Å². The minimum absolute atomic E-state index is 0.622. The van der Waals surface area contributed by atoms with Gasteiger partial charge in [0.05, 0.1) is 6.07 Å². The van der Waals surface area contributed by atoms with Gasteiger partial charge in [0.15, 0.2) is 0 Å². The highest BCUT2D eigenvalue weighted by Crippen LogP contribution is 2.03. The van der Waals surface area contributed by atoms with Crippen molar-refractivity contribution in [1.29, 1.82) is 5.26 Å². The number of hydrogen-bond donors (Lipinski definition) is 2. The van der Waals surface area contributed by atoms with E-state index < -0.39 is 0 Å². The predicted octanol–water partition coefficient (Wildman–Crippen LogP) is 1.79. The molecule has 0 aromatic heterocycles. The van der Waals surface area contributed by atoms with Crippen LogP contribution in [0, 0.1) is 11.3 Å². The fourth-order valence-corrected chi connectivity index (χ4v) is 1.37. The van der Waals surface area contributed by atoms with Gasteiger partial charge >= 0.3 is 0 Å². The van der Waals surface area contributed by atoms with Gasteiger partial charge < -0.3 is 11.1 Å². The number of unbranched alkanes of at least 4 members (excludes halogenated alkanes) is 5. The fourth-order valence-electron chi connectivity index (χ4n) is 1.37. The third-order valence-corrected chi connectivity index (χ3v) is 2.22. The van der Waals surface area contributed by atoms with Gasteiger partial charge in [-0.2, -0.15) is 5.26 Å². The molecule has 3 N–H and O–H groups in total. The van der Waals surface area contributed by atoms with E-state index in [1.807, 2.05) is 0 Å². The van der Waals surface area contributed by atoms with Crippen molar-refractivity contribution in [2.24, 2.45) is 5.73 Å². The third kappa shape index (κ3) is 11.4. The Kier molecular flexibility index (Phi) is 11.9. The Balaban J connectivity index is 2.82. The molecule has 0 fully saturated rings. The molecule has 82 valence electrons. The van der Waals surface area contributed by atoms with Crippen LogP contribution < -0.4 is 11.1 Å². The van der Waals surface area contributed by atoms with Gasteiger partial charge in [-0.25, -0.2) is 0 Å². The number of nitrogens with two attached hydrogens (primary N) is 1. The highest BCUT2D eigenvalue weighted by molar-refractivity contribution is 4.69. The Morgan fingerprint density at radius 1 is 0.929 bits per heavy atom. The molecule has 0 aliphatic carbocycles. The summed E-state index contributed by atoms with van der Waals surface area (Å²) in [5.41, 5.74) is 5.40. The quantitative estimate of drug-likeness (QED) is 0.525. The lowest BCUT2D eigenvalue weighted by Crippen LogP contribution is -2.15. The Hall–Kier alpha value is -0.590. The van der Waals surface area contributed by atoms with Crippen molar-refractivity contribution in [3.8, 4) is 6.07 Å². The zero-order valence-electron chi connectivity index (χ0n) is 9.10. The van der Waals surface area contributed by atoms with Crippen LogP contribution in [0.5, 0.6) is 0 Å². The van der Waals surface area contributed by atoms with E-state index in [-0.39, 0.29) is 0 Å². The zero-order valence-corrected chi connectivity index (χ0v) is 9.10. The van der Waals surface area contributed by atoms with Gasteiger partial charge in [-0.05, 0) is 25.9 Å². The molecule has 0 heterocycles. The van der Waals surface area contributed by atoms with E-state index in [1.54, 1.807) is 0 Å². The third-order valence-electron chi connectivity index (χ3n) is 2.22. The van der Waals surface area contributed by atoms with E-state index >= 15 is 0 Å². The number of hydrogen-bond acceptors (Lipinski definition) is 3. The molecule has 0 rings (SSSR count). The monoisotopic (exact) mass is 197 g/mol. The Labute approximate surface area is 87.7 Å². The van der Waals surface area contributed by atoms with Crippen molar-refractivity contribution in [3.63, 3.8) is 0 Å². The summed E-state index contributed by atoms with van der Waals surface area (Å²) in [6.07, 6.45) is 8.22. The standard InChI is InChI=1S/C11H23N3/c12-8-5-3-1-2-4-6-10-14-11-7-9-13/h14H,1-8,10-12H2. The summed E-state index contributed by atoms with van der Waals surface area (Å²) < 4.78 is 0. The fraction of sp³-hybridized carbons (Fsp3) is 0.909. The van der Waals surface area contributed by atoms with Gasteiger partial charge in [0.2, 0.25) is 0 Å². The van der Waals surface area contributed by atoms with E-state index in [1.165, 1.54) is 38.5 Å². The Morgan fingerprint density at radius 3 is 2.21 bits per heavy atom. The summed E-state index contributed by atoms with van der Waals surface area (Å²) in [7, 11) is 0. The molecule has 0 aromatic carbocycles. The molecule has 3 heteroatoms. The lowest BCUT2D eigenvalue weighted by atomic mass is 10.1. The van der Waals surface area contributed by atoms with E-state index in [9.17, 15) is 0 Å². The van der Waals surface area contributed by atoms with Crippen LogP contribution in [0.2, 0.25) is 0 Å². The highest BCUT2D eigenvalue weighted by Gasteiger charge is 1.90. The summed E-state index contributed by atoms with van der Waals surface area (Å²) >= 11 is 0. The molecule has 0 amide bonds. The molecule has 3 nitrogen and oxygen atoms in total. The first kappa shape index (κ1) is 13.4. The van der Waals surface area contributed by atoms with Crippen molar-refractivity contribution in [3.05, 3.63) is 0 Å². The largest absolute Gasteiger partial charge is 0.330 e. The first-order chi connectivity index (χ1) is 6.91. The van der Waals surface area contributed by atoms with E-state index in [4.69, 9.17) is 11.0 Å². The molecular weight excluding hydrogens is 174 g/mol. The summed E-state index contributed by atoms with van der Waals surface area (Å²) in [5, 5.41) is 11.5. The maximum absolute atomic E-state index is 8.29. The first-order valence-electron chi connectivity index (χ1n) is 5.69. The average Bonchev–Trinajstić information content (AvgIpc) is 2.21. The normalized spacial score (nSPS) is 10.0. The Bertz CT molecular complexity index is 140. The van der Waals surface area contributed by atoms with Crippen LogP contribution in [0.15, 0.2) is 0 Å². The molecule has 0 saturated carbocycles. The molecule has 0 bridgehead atoms. The molecule has 14 heavy (non-hydrogen) atoms. The van der Waals surface area contributed by atoms with E-state index in [2.05, 4.69) is 11.4 Å². The van der Waals surface area contributed by atoms with Crippen LogP contribution in [-0.4, -0.2) is 19.6 Å². The molecule has 0 aromatic rings. The minimum Gasteiger partial charge on any atom is -0.330 e. The van der Waals surface area contributed by atoms with Gasteiger partial charge in [-0.1, -0.05) is 25.7 Å². The summed E-state index contributed by atoms with van der Waals surface area (Å²) in [6.45, 7) is 2.72. The van der Waals surface area contributed by atoms with Crippen molar-refractivity contribution in [2.45, 2.75) is 44.9 Å². The molecule has 0 radical (unpaired) electrons. The van der Waals surface area contributed by atoms with Crippen LogP contribution in [0.3, 0.4) is 0 Å². The minimum atomic E-state index is 0.622. The van der Waals surface area contributed by atoms with Crippen molar-refractivity contribution in [2.75, 3.05) is 19.6 Å². The summed E-state index contributed by atoms with van der Waals surface area (Å²) in [6, 6.07) is 2.12. The van der Waals surface area contributed by atoms with Gasteiger partial charge in [-0.15, -0.1) is 0 Å². The molecule has 0 aliphatic heterocycles. The second kappa shape index (κ2) is 12.4. The van der Waals surface area contributed by atoms with Crippen LogP contribution in [0.25, 0.3) is 0 Å². The van der Waals surface area contributed by atoms with E-state index in [0.717, 1.165) is 19.6 Å². The van der Waals surface area contributed by atoms with Gasteiger partial charge in [0.1, 0.15) is 0 Å². The average molecular weight is 197 g/mol. The number of nitriles is 1. The van der Waals surface area contributed by atoms with Crippen LogP contribution in [0.1, 0.15) is 44.9 Å². The number of rotatable bonds is 10. The molecule has 0 aliphatic rings. The van der Waals surface area contributed by atoms with E-state index in [0.29, 0.717) is 6.42 Å². The lowest BCUT2D eigenvalue weighted by Gasteiger charge is -2.02. The van der Waals surface area contributed by atoms with Gasteiger partial charge in [0, 0.05) is 13.0 Å². The van der Waals surface area contributed by atoms with Crippen LogP contribution in [-0.2, 0) is 0 Å². The smallest absolute Gasteiger partial charge is 0.0635 e. The summed E-state index contributed by atoms with van der Waals surface area (Å²) in [5.74, 6) is 0. The predicted molar refractivity (Wildman–Crippen MR) is 59.9 cm³/mol. The van der Waals surface area contributed by atoms with Gasteiger partial charge in [0.25, 0.3) is 0 Å². The van der Waals surface area contributed by atoms with Crippen molar-refractivity contribution < 1.29 is 0 Å². The van der Waals surface area contributed by atoms with Crippen molar-refractivity contribution >= 4 is 0 Å². The Morgan fingerprint density at radius 2 is 1.57 bits per heavy atom. The lowest BCUT2D eigenvalue weighted by molar-refractivity contribution is 0.570. The molecule has 0 spiro atoms.